The molecule has 0 spiro atoms. The van der Waals surface area contributed by atoms with Crippen molar-refractivity contribution < 1.29 is 4.52 Å². The van der Waals surface area contributed by atoms with Gasteiger partial charge >= 0.3 is 11.4 Å². The van der Waals surface area contributed by atoms with Crippen LogP contribution >= 0.6 is 16.6 Å². The molecule has 0 fully saturated rings. The van der Waals surface area contributed by atoms with Gasteiger partial charge in [0.1, 0.15) is 0 Å². The zero-order valence-electron chi connectivity index (χ0n) is 15.2. The van der Waals surface area contributed by atoms with Gasteiger partial charge in [0.15, 0.2) is 0 Å². The minimum atomic E-state index is -1.58. The van der Waals surface area contributed by atoms with Gasteiger partial charge in [-0.3, -0.25) is 0 Å². The predicted molar refractivity (Wildman–Crippen MR) is 110 cm³/mol. The fraction of sp³-hybridized carbons (Fsp3) is 0.529. The fourth-order valence-electron chi connectivity index (χ4n) is 2.65. The SMILES string of the molecule is CCc1cccc(CC)c1-n1oc(=O)n(CSP(=S)(CC)CC)c1=O. The summed E-state index contributed by atoms with van der Waals surface area (Å²) in [5, 5.41) is -1.58. The minimum Gasteiger partial charge on any atom is -0.312 e. The quantitative estimate of drug-likeness (QED) is 0.630. The normalized spacial score (nSPS) is 11.8. The Hall–Kier alpha value is -1.04. The summed E-state index contributed by atoms with van der Waals surface area (Å²) in [7, 11) is 0. The molecule has 2 aromatic rings. The van der Waals surface area contributed by atoms with E-state index in [2.05, 4.69) is 13.8 Å². The summed E-state index contributed by atoms with van der Waals surface area (Å²) in [6, 6.07) is 5.89. The lowest BCUT2D eigenvalue weighted by Gasteiger charge is -2.16. The van der Waals surface area contributed by atoms with Crippen molar-refractivity contribution in [1.29, 1.82) is 0 Å². The maximum atomic E-state index is 12.8. The molecule has 8 heteroatoms. The van der Waals surface area contributed by atoms with Gasteiger partial charge in [0.2, 0.25) is 0 Å². The van der Waals surface area contributed by atoms with Crippen molar-refractivity contribution in [3.63, 3.8) is 0 Å². The van der Waals surface area contributed by atoms with Crippen LogP contribution in [0.15, 0.2) is 32.3 Å². The van der Waals surface area contributed by atoms with Crippen LogP contribution in [0.2, 0.25) is 0 Å². The average Bonchev–Trinajstić information content (AvgIpc) is 2.92. The number of para-hydroxylation sites is 1. The second-order valence-corrected chi connectivity index (χ2v) is 14.8. The van der Waals surface area contributed by atoms with Crippen LogP contribution in [0.1, 0.15) is 38.8 Å². The number of hydrogen-bond donors (Lipinski definition) is 0. The molecule has 5 nitrogen and oxygen atoms in total. The first-order valence-electron chi connectivity index (χ1n) is 8.57. The maximum Gasteiger partial charge on any atom is 0.443 e. The van der Waals surface area contributed by atoms with Gasteiger partial charge in [0, 0.05) is 5.24 Å². The Kier molecular flexibility index (Phi) is 6.94. The minimum absolute atomic E-state index is 0.253. The van der Waals surface area contributed by atoms with E-state index in [-0.39, 0.29) is 5.88 Å². The molecule has 1 aromatic heterocycles. The molecule has 0 aliphatic heterocycles. The molecule has 0 amide bonds. The number of nitrogens with zero attached hydrogens (tertiary/aromatic N) is 2. The van der Waals surface area contributed by atoms with Crippen LogP contribution in [-0.2, 0) is 30.5 Å². The van der Waals surface area contributed by atoms with E-state index in [1.165, 1.54) is 0 Å². The summed E-state index contributed by atoms with van der Waals surface area (Å²) in [5.74, 6) is -0.373. The van der Waals surface area contributed by atoms with Crippen molar-refractivity contribution >= 4 is 28.4 Å². The van der Waals surface area contributed by atoms with Crippen molar-refractivity contribution in [1.82, 2.24) is 9.31 Å². The van der Waals surface area contributed by atoms with Gasteiger partial charge in [-0.1, -0.05) is 57.7 Å². The lowest BCUT2D eigenvalue weighted by atomic mass is 10.0. The molecule has 1 aromatic carbocycles. The second kappa shape index (κ2) is 8.56. The van der Waals surface area contributed by atoms with E-state index >= 15 is 0 Å². The molecule has 0 N–H and O–H groups in total. The van der Waals surface area contributed by atoms with Gasteiger partial charge < -0.3 is 4.52 Å². The molecular weight excluding hydrogens is 375 g/mol. The van der Waals surface area contributed by atoms with Gasteiger partial charge in [-0.05, 0) is 36.3 Å². The van der Waals surface area contributed by atoms with Crippen molar-refractivity contribution in [2.24, 2.45) is 0 Å². The van der Waals surface area contributed by atoms with Crippen molar-refractivity contribution in [2.45, 2.75) is 46.4 Å². The Labute approximate surface area is 157 Å². The third-order valence-corrected chi connectivity index (χ3v) is 12.9. The maximum absolute atomic E-state index is 12.8. The number of hydrogen-bond acceptors (Lipinski definition) is 5. The van der Waals surface area contributed by atoms with E-state index in [0.717, 1.165) is 45.6 Å². The third-order valence-electron chi connectivity index (χ3n) is 4.35. The monoisotopic (exact) mass is 400 g/mol. The van der Waals surface area contributed by atoms with Gasteiger partial charge in [-0.2, -0.15) is 0 Å². The Morgan fingerprint density at radius 3 is 2.12 bits per heavy atom. The zero-order chi connectivity index (χ0) is 18.6. The Balaban J connectivity index is 2.50. The topological polar surface area (TPSA) is 57.1 Å². The first-order chi connectivity index (χ1) is 11.9. The first-order valence-corrected chi connectivity index (χ1v) is 13.3. The largest absolute Gasteiger partial charge is 0.443 e. The molecule has 0 aliphatic rings. The highest BCUT2D eigenvalue weighted by molar-refractivity contribution is 8.70. The van der Waals surface area contributed by atoms with E-state index in [9.17, 15) is 9.59 Å². The van der Waals surface area contributed by atoms with E-state index in [4.69, 9.17) is 16.3 Å². The molecule has 138 valence electrons. The fourth-order valence-corrected chi connectivity index (χ4v) is 6.50. The van der Waals surface area contributed by atoms with Crippen molar-refractivity contribution in [3.8, 4) is 5.69 Å². The molecule has 0 aliphatic carbocycles. The van der Waals surface area contributed by atoms with E-state index in [1.807, 2.05) is 32.0 Å². The van der Waals surface area contributed by atoms with Gasteiger partial charge in [0.25, 0.3) is 0 Å². The lowest BCUT2D eigenvalue weighted by Crippen LogP contribution is -2.28. The molecule has 2 rings (SSSR count). The number of rotatable bonds is 8. The number of aryl methyl sites for hydroxylation is 2. The second-order valence-electron chi connectivity index (χ2n) is 5.70. The molecule has 0 saturated heterocycles. The molecule has 0 atom stereocenters. The average molecular weight is 401 g/mol. The molecule has 1 heterocycles. The van der Waals surface area contributed by atoms with Crippen LogP contribution in [0.3, 0.4) is 0 Å². The number of aromatic nitrogens is 2. The highest BCUT2D eigenvalue weighted by Crippen LogP contribution is 2.58. The third kappa shape index (κ3) is 4.21. The Morgan fingerprint density at radius 1 is 1.08 bits per heavy atom. The van der Waals surface area contributed by atoms with Crippen LogP contribution in [0.25, 0.3) is 5.69 Å². The Bertz CT molecular complexity index is 868. The molecule has 0 bridgehead atoms. The molecule has 0 saturated carbocycles. The van der Waals surface area contributed by atoms with Crippen LogP contribution < -0.4 is 11.4 Å². The van der Waals surface area contributed by atoms with Gasteiger partial charge in [-0.15, -0.1) is 16.1 Å². The molecule has 0 radical (unpaired) electrons. The van der Waals surface area contributed by atoms with Crippen LogP contribution in [0.5, 0.6) is 0 Å². The van der Waals surface area contributed by atoms with Crippen LogP contribution in [0.4, 0.5) is 0 Å². The highest BCUT2D eigenvalue weighted by atomic mass is 32.9. The highest BCUT2D eigenvalue weighted by Gasteiger charge is 2.20. The summed E-state index contributed by atoms with van der Waals surface area (Å²) < 4.78 is 7.64. The van der Waals surface area contributed by atoms with E-state index in [0.29, 0.717) is 5.69 Å². The Morgan fingerprint density at radius 2 is 1.64 bits per heavy atom. The van der Waals surface area contributed by atoms with E-state index < -0.39 is 16.7 Å². The summed E-state index contributed by atoms with van der Waals surface area (Å²) in [5.41, 5.74) is 2.25. The lowest BCUT2D eigenvalue weighted by molar-refractivity contribution is 0.310. The number of benzene rings is 1. The van der Waals surface area contributed by atoms with E-state index in [1.54, 1.807) is 11.4 Å². The summed E-state index contributed by atoms with van der Waals surface area (Å²) in [6.45, 7) is 8.18. The standard InChI is InChI=1S/C17H25N2O3PS2/c1-5-13-10-9-11-14(6-2)15(13)19-16(20)18(17(21)22-19)12-25-23(24,7-3)8-4/h9-11H,5-8,12H2,1-4H3. The molecule has 25 heavy (non-hydrogen) atoms. The summed E-state index contributed by atoms with van der Waals surface area (Å²) >= 11 is 7.24. The molecule has 0 unspecified atom stereocenters. The first kappa shape index (κ1) is 20.3. The van der Waals surface area contributed by atoms with Crippen molar-refractivity contribution in [2.75, 3.05) is 12.3 Å². The van der Waals surface area contributed by atoms with Gasteiger partial charge in [-0.25, -0.2) is 14.2 Å². The smallest absolute Gasteiger partial charge is 0.312 e. The summed E-state index contributed by atoms with van der Waals surface area (Å²) in [6.07, 6.45) is 3.32. The summed E-state index contributed by atoms with van der Waals surface area (Å²) in [4.78, 5) is 25.1. The van der Waals surface area contributed by atoms with Gasteiger partial charge in [0.05, 0.1) is 11.6 Å². The van der Waals surface area contributed by atoms with Crippen LogP contribution in [-0.4, -0.2) is 21.6 Å². The predicted octanol–water partition coefficient (Wildman–Crippen LogP) is 3.84. The van der Waals surface area contributed by atoms with Crippen LogP contribution in [0, 0.1) is 0 Å². The van der Waals surface area contributed by atoms with Crippen molar-refractivity contribution in [3.05, 3.63) is 50.4 Å². The zero-order valence-corrected chi connectivity index (χ0v) is 17.7. The molecular formula is C17H25N2O3PS2.